The number of aryl methyl sites for hydroxylation is 1. The van der Waals surface area contributed by atoms with Crippen molar-refractivity contribution in [2.75, 3.05) is 49.4 Å². The van der Waals surface area contributed by atoms with Gasteiger partial charge in [0.25, 0.3) is 5.91 Å². The Morgan fingerprint density at radius 2 is 1.80 bits per heavy atom. The van der Waals surface area contributed by atoms with Gasteiger partial charge >= 0.3 is 0 Å². The molecular formula is C34H38N4O3. The molecule has 0 unspecified atom stereocenters. The third kappa shape index (κ3) is 4.56. The highest BCUT2D eigenvalue weighted by molar-refractivity contribution is 6.07. The van der Waals surface area contributed by atoms with E-state index in [1.807, 2.05) is 24.0 Å². The van der Waals surface area contributed by atoms with Crippen LogP contribution in [0.15, 0.2) is 59.6 Å². The van der Waals surface area contributed by atoms with E-state index in [1.54, 1.807) is 5.06 Å². The topological polar surface area (TPSA) is 57.6 Å². The summed E-state index contributed by atoms with van der Waals surface area (Å²) < 4.78 is 6.26. The number of amides is 1. The Hall–Kier alpha value is -3.84. The molecule has 0 aliphatic carbocycles. The number of carbonyl (C=O) groups excluding carboxylic acids is 1. The minimum Gasteiger partial charge on any atom is -0.492 e. The average Bonchev–Trinajstić information content (AvgIpc) is 3.70. The molecule has 0 atom stereocenters. The smallest absolute Gasteiger partial charge is 0.258 e. The molecule has 41 heavy (non-hydrogen) atoms. The van der Waals surface area contributed by atoms with Crippen molar-refractivity contribution in [1.29, 1.82) is 0 Å². The molecule has 3 aromatic rings. The monoisotopic (exact) mass is 550 g/mol. The molecule has 7 nitrogen and oxygen atoms in total. The molecule has 4 aliphatic heterocycles. The molecular weight excluding hydrogens is 512 g/mol. The molecule has 7 rings (SSSR count). The maximum Gasteiger partial charge on any atom is 0.258 e. The standard InChI is InChI=1S/C34H38N4O3/c1-4-14-36-16-12-34(13-17-36)21-40-32-19-27-11-15-37(31(27)20-30(32)34)33(39)26-7-5-25(6-8-26)29-10-9-28(18-23(29)2)38-22-35-24(3)41-38/h5-10,18-20H,4,11-17,21-22H2,1-3H3. The third-order valence-corrected chi connectivity index (χ3v) is 9.35. The number of piperidine rings is 1. The minimum absolute atomic E-state index is 0.0644. The van der Waals surface area contributed by atoms with Gasteiger partial charge in [0.05, 0.1) is 12.3 Å². The van der Waals surface area contributed by atoms with Crippen LogP contribution in [0, 0.1) is 6.92 Å². The van der Waals surface area contributed by atoms with Gasteiger partial charge in [0.15, 0.2) is 0 Å². The number of ether oxygens (including phenoxy) is 1. The van der Waals surface area contributed by atoms with E-state index in [0.717, 1.165) is 72.8 Å². The van der Waals surface area contributed by atoms with E-state index in [9.17, 15) is 4.79 Å². The Bertz CT molecular complexity index is 1520. The molecule has 0 N–H and O–H groups in total. The van der Waals surface area contributed by atoms with Gasteiger partial charge in [-0.05, 0) is 111 Å². The molecule has 4 aliphatic rings. The lowest BCUT2D eigenvalue weighted by Gasteiger charge is -2.38. The van der Waals surface area contributed by atoms with Crippen LogP contribution in [0.1, 0.15) is 60.2 Å². The van der Waals surface area contributed by atoms with E-state index in [0.29, 0.717) is 24.7 Å². The van der Waals surface area contributed by atoms with Crippen LogP contribution in [0.4, 0.5) is 11.4 Å². The summed E-state index contributed by atoms with van der Waals surface area (Å²) in [6.45, 7) is 11.6. The molecule has 0 saturated carbocycles. The number of nitrogens with zero attached hydrogens (tertiary/aromatic N) is 4. The number of hydroxylamine groups is 1. The number of likely N-dealkylation sites (tertiary alicyclic amines) is 1. The quantitative estimate of drug-likeness (QED) is 0.383. The van der Waals surface area contributed by atoms with Crippen LogP contribution in [0.2, 0.25) is 0 Å². The first-order valence-corrected chi connectivity index (χ1v) is 15.0. The Labute approximate surface area is 242 Å². The molecule has 3 aromatic carbocycles. The minimum atomic E-state index is 0.0644. The van der Waals surface area contributed by atoms with Crippen LogP contribution in [0.25, 0.3) is 11.1 Å². The van der Waals surface area contributed by atoms with Crippen molar-refractivity contribution in [2.24, 2.45) is 4.99 Å². The molecule has 1 amide bonds. The summed E-state index contributed by atoms with van der Waals surface area (Å²) in [4.78, 5) is 28.3. The summed E-state index contributed by atoms with van der Waals surface area (Å²) in [7, 11) is 0. The second-order valence-electron chi connectivity index (χ2n) is 12.0. The van der Waals surface area contributed by atoms with Crippen LogP contribution < -0.4 is 14.7 Å². The number of carbonyl (C=O) groups is 1. The fourth-order valence-electron chi connectivity index (χ4n) is 6.98. The first-order chi connectivity index (χ1) is 19.9. The fraction of sp³-hybridized carbons (Fsp3) is 0.412. The van der Waals surface area contributed by atoms with Crippen molar-refractivity contribution in [3.63, 3.8) is 0 Å². The predicted octanol–water partition coefficient (Wildman–Crippen LogP) is 6.13. The summed E-state index contributed by atoms with van der Waals surface area (Å²) in [6.07, 6.45) is 4.30. The van der Waals surface area contributed by atoms with Gasteiger partial charge < -0.3 is 19.4 Å². The van der Waals surface area contributed by atoms with Crippen molar-refractivity contribution < 1.29 is 14.4 Å². The molecule has 1 spiro atoms. The van der Waals surface area contributed by atoms with Crippen molar-refractivity contribution in [3.8, 4) is 16.9 Å². The summed E-state index contributed by atoms with van der Waals surface area (Å²) in [5.74, 6) is 1.78. The second-order valence-corrected chi connectivity index (χ2v) is 12.0. The zero-order chi connectivity index (χ0) is 28.1. The lowest BCUT2D eigenvalue weighted by molar-refractivity contribution is 0.0989. The van der Waals surface area contributed by atoms with E-state index >= 15 is 0 Å². The number of anilines is 2. The predicted molar refractivity (Wildman–Crippen MR) is 163 cm³/mol. The van der Waals surface area contributed by atoms with Crippen LogP contribution >= 0.6 is 0 Å². The van der Waals surface area contributed by atoms with Gasteiger partial charge in [0, 0.05) is 35.7 Å². The van der Waals surface area contributed by atoms with E-state index in [2.05, 4.69) is 66.2 Å². The van der Waals surface area contributed by atoms with Gasteiger partial charge in [0.2, 0.25) is 5.90 Å². The van der Waals surface area contributed by atoms with Gasteiger partial charge in [-0.15, -0.1) is 0 Å². The van der Waals surface area contributed by atoms with Crippen molar-refractivity contribution in [2.45, 2.75) is 51.9 Å². The molecule has 4 heterocycles. The lowest BCUT2D eigenvalue weighted by Crippen LogP contribution is -2.43. The third-order valence-electron chi connectivity index (χ3n) is 9.35. The highest BCUT2D eigenvalue weighted by Gasteiger charge is 2.44. The zero-order valence-corrected chi connectivity index (χ0v) is 24.3. The van der Waals surface area contributed by atoms with E-state index in [-0.39, 0.29) is 11.3 Å². The Morgan fingerprint density at radius 1 is 1.00 bits per heavy atom. The number of benzene rings is 3. The van der Waals surface area contributed by atoms with Crippen LogP contribution in [0.3, 0.4) is 0 Å². The van der Waals surface area contributed by atoms with E-state index in [4.69, 9.17) is 9.57 Å². The van der Waals surface area contributed by atoms with Crippen molar-refractivity contribution >= 4 is 23.2 Å². The number of hydrogen-bond donors (Lipinski definition) is 0. The number of aliphatic imine (C=N–C) groups is 1. The molecule has 212 valence electrons. The van der Waals surface area contributed by atoms with Gasteiger partial charge in [-0.25, -0.2) is 4.99 Å². The highest BCUT2D eigenvalue weighted by Crippen LogP contribution is 2.49. The van der Waals surface area contributed by atoms with E-state index < -0.39 is 0 Å². The molecule has 0 bridgehead atoms. The molecule has 1 saturated heterocycles. The maximum atomic E-state index is 13.8. The van der Waals surface area contributed by atoms with Crippen LogP contribution in [-0.4, -0.2) is 56.2 Å². The highest BCUT2D eigenvalue weighted by atomic mass is 16.7. The normalized spacial score (nSPS) is 19.1. The second kappa shape index (κ2) is 10.2. The maximum absolute atomic E-state index is 13.8. The Kier molecular flexibility index (Phi) is 6.50. The van der Waals surface area contributed by atoms with Gasteiger partial charge in [-0.1, -0.05) is 25.1 Å². The summed E-state index contributed by atoms with van der Waals surface area (Å²) in [5.41, 5.74) is 8.74. The fourth-order valence-corrected chi connectivity index (χ4v) is 6.98. The van der Waals surface area contributed by atoms with Crippen LogP contribution in [0.5, 0.6) is 5.75 Å². The molecule has 1 fully saturated rings. The first kappa shape index (κ1) is 26.1. The van der Waals surface area contributed by atoms with E-state index in [1.165, 1.54) is 24.1 Å². The SMILES string of the molecule is CCCN1CCC2(CC1)COc1cc3c(cc12)N(C(=O)c1ccc(-c2ccc(N4CN=C(C)O4)cc2C)cc1)CC3. The number of fused-ring (bicyclic) bond motifs is 3. The van der Waals surface area contributed by atoms with Crippen molar-refractivity contribution in [1.82, 2.24) is 4.90 Å². The first-order valence-electron chi connectivity index (χ1n) is 15.0. The summed E-state index contributed by atoms with van der Waals surface area (Å²) in [6, 6.07) is 18.8. The molecule has 7 heteroatoms. The number of hydrogen-bond acceptors (Lipinski definition) is 6. The molecule has 0 radical (unpaired) electrons. The summed E-state index contributed by atoms with van der Waals surface area (Å²) >= 11 is 0. The Balaban J connectivity index is 1.09. The van der Waals surface area contributed by atoms with Crippen molar-refractivity contribution in [3.05, 3.63) is 76.9 Å². The van der Waals surface area contributed by atoms with Crippen LogP contribution in [-0.2, 0) is 16.7 Å². The Morgan fingerprint density at radius 3 is 2.51 bits per heavy atom. The molecule has 0 aromatic heterocycles. The lowest BCUT2D eigenvalue weighted by atomic mass is 9.74. The van der Waals surface area contributed by atoms with Gasteiger partial charge in [0.1, 0.15) is 12.4 Å². The largest absolute Gasteiger partial charge is 0.492 e. The number of rotatable bonds is 5. The average molecular weight is 551 g/mol. The van der Waals surface area contributed by atoms with Gasteiger partial charge in [-0.2, -0.15) is 5.06 Å². The summed E-state index contributed by atoms with van der Waals surface area (Å²) in [5, 5.41) is 1.79. The van der Waals surface area contributed by atoms with Gasteiger partial charge in [-0.3, -0.25) is 4.79 Å². The zero-order valence-electron chi connectivity index (χ0n) is 24.3.